The van der Waals surface area contributed by atoms with E-state index in [1.165, 1.54) is 0 Å². The molecule has 3 amide bonds. The number of nitrogens with zero attached hydrogens (tertiary/aromatic N) is 3. The van der Waals surface area contributed by atoms with Crippen molar-refractivity contribution in [2.75, 3.05) is 31.2 Å². The highest BCUT2D eigenvalue weighted by Crippen LogP contribution is 2.66. The number of hydrogen-bond donors (Lipinski definition) is 1. The van der Waals surface area contributed by atoms with Crippen molar-refractivity contribution in [1.82, 2.24) is 9.80 Å². The first-order chi connectivity index (χ1) is 20.8. The van der Waals surface area contributed by atoms with Gasteiger partial charge >= 0.3 is 0 Å². The molecule has 0 saturated carbocycles. The largest absolute Gasteiger partial charge is 0.494 e. The van der Waals surface area contributed by atoms with Crippen LogP contribution in [0.3, 0.4) is 0 Å². The lowest BCUT2D eigenvalue weighted by Crippen LogP contribution is -2.60. The quantitative estimate of drug-likeness (QED) is 0.313. The van der Waals surface area contributed by atoms with Gasteiger partial charge in [-0.1, -0.05) is 32.9 Å². The van der Waals surface area contributed by atoms with E-state index in [1.807, 2.05) is 72.7 Å². The van der Waals surface area contributed by atoms with Gasteiger partial charge in [0.1, 0.15) is 17.4 Å². The Bertz CT molecular complexity index is 1250. The summed E-state index contributed by atoms with van der Waals surface area (Å²) < 4.78 is 12.6. The molecule has 4 rings (SSSR count). The van der Waals surface area contributed by atoms with Gasteiger partial charge in [0.15, 0.2) is 0 Å². The second-order valence-electron chi connectivity index (χ2n) is 13.5. The Kier molecular flexibility index (Phi) is 10.0. The van der Waals surface area contributed by atoms with Gasteiger partial charge in [-0.2, -0.15) is 0 Å². The normalized spacial score (nSPS) is 29.6. The van der Waals surface area contributed by atoms with Crippen LogP contribution in [0.25, 0.3) is 0 Å². The fourth-order valence-electron chi connectivity index (χ4n) is 7.91. The van der Waals surface area contributed by atoms with Gasteiger partial charge in [-0.3, -0.25) is 14.4 Å². The van der Waals surface area contributed by atoms with Gasteiger partial charge in [0.2, 0.25) is 17.7 Å². The molecule has 9 nitrogen and oxygen atoms in total. The molecule has 1 aromatic rings. The van der Waals surface area contributed by atoms with Crippen molar-refractivity contribution in [3.63, 3.8) is 0 Å². The number of rotatable bonds is 14. The Balaban J connectivity index is 1.86. The van der Waals surface area contributed by atoms with Crippen LogP contribution in [0.4, 0.5) is 5.69 Å². The number of carbonyl (C=O) groups is 3. The molecule has 0 radical (unpaired) electrons. The number of hydrogen-bond acceptors (Lipinski definition) is 6. The number of carbonyl (C=O) groups excluding carboxylic acids is 3. The molecule has 2 bridgehead atoms. The summed E-state index contributed by atoms with van der Waals surface area (Å²) in [6.45, 7) is 22.3. The van der Waals surface area contributed by atoms with Crippen LogP contribution in [-0.4, -0.2) is 88.3 Å². The number of amides is 3. The molecule has 0 aromatic heterocycles. The lowest BCUT2D eigenvalue weighted by Gasteiger charge is -2.41. The molecule has 1 N–H and O–H groups in total. The average Bonchev–Trinajstić information content (AvgIpc) is 3.49. The summed E-state index contributed by atoms with van der Waals surface area (Å²) in [4.78, 5) is 49.0. The molecule has 3 aliphatic heterocycles. The van der Waals surface area contributed by atoms with Crippen molar-refractivity contribution >= 4 is 23.4 Å². The SMILES string of the molecule is C=CCN(C(=O)[C@@H]1[C@H]2C(=O)N([C@@H](CO)CC(C)C)C(C(=O)N(CC=C)C(C)C)C23CC(C)[C@@]1(C)O3)c1ccc(OCC)cc1. The average molecular weight is 610 g/mol. The maximum Gasteiger partial charge on any atom is 0.248 e. The fraction of sp³-hybridized carbons (Fsp3) is 0.629. The molecule has 3 fully saturated rings. The van der Waals surface area contributed by atoms with E-state index in [-0.39, 0.29) is 48.8 Å². The summed E-state index contributed by atoms with van der Waals surface area (Å²) in [6.07, 6.45) is 4.32. The smallest absolute Gasteiger partial charge is 0.248 e. The molecule has 7 atom stereocenters. The van der Waals surface area contributed by atoms with Crippen LogP contribution in [0, 0.1) is 23.7 Å². The molecular formula is C35H51N3O6. The first kappa shape index (κ1) is 33.7. The molecule has 3 saturated heterocycles. The van der Waals surface area contributed by atoms with Crippen LogP contribution in [0.2, 0.25) is 0 Å². The van der Waals surface area contributed by atoms with E-state index < -0.39 is 35.1 Å². The van der Waals surface area contributed by atoms with Gasteiger partial charge < -0.3 is 29.3 Å². The second-order valence-corrected chi connectivity index (χ2v) is 13.5. The predicted octanol–water partition coefficient (Wildman–Crippen LogP) is 4.45. The summed E-state index contributed by atoms with van der Waals surface area (Å²) in [5, 5.41) is 10.6. The van der Waals surface area contributed by atoms with Crippen molar-refractivity contribution in [3.05, 3.63) is 49.6 Å². The molecule has 1 spiro atoms. The molecule has 0 aliphatic carbocycles. The van der Waals surface area contributed by atoms with E-state index in [1.54, 1.807) is 26.9 Å². The van der Waals surface area contributed by atoms with Crippen molar-refractivity contribution in [3.8, 4) is 5.75 Å². The number of ether oxygens (including phenoxy) is 2. The zero-order valence-electron chi connectivity index (χ0n) is 27.5. The molecular weight excluding hydrogens is 558 g/mol. The van der Waals surface area contributed by atoms with E-state index in [9.17, 15) is 19.5 Å². The monoisotopic (exact) mass is 609 g/mol. The summed E-state index contributed by atoms with van der Waals surface area (Å²) in [5.74, 6) is -1.74. The van der Waals surface area contributed by atoms with Crippen LogP contribution in [-0.2, 0) is 19.1 Å². The number of aliphatic hydroxyl groups excluding tert-OH is 1. The lowest BCUT2D eigenvalue weighted by atomic mass is 9.62. The zero-order chi connectivity index (χ0) is 32.6. The van der Waals surface area contributed by atoms with Crippen LogP contribution in [0.1, 0.15) is 61.3 Å². The van der Waals surface area contributed by atoms with Gasteiger partial charge in [-0.05, 0) is 76.6 Å². The summed E-state index contributed by atoms with van der Waals surface area (Å²) >= 11 is 0. The molecule has 242 valence electrons. The van der Waals surface area contributed by atoms with E-state index in [0.29, 0.717) is 37.4 Å². The number of fused-ring (bicyclic) bond motifs is 1. The van der Waals surface area contributed by atoms with E-state index in [4.69, 9.17) is 9.47 Å². The topological polar surface area (TPSA) is 99.6 Å². The molecule has 44 heavy (non-hydrogen) atoms. The Morgan fingerprint density at radius 1 is 1.14 bits per heavy atom. The summed E-state index contributed by atoms with van der Waals surface area (Å²) in [5.41, 5.74) is -1.52. The van der Waals surface area contributed by atoms with E-state index in [2.05, 4.69) is 13.2 Å². The highest BCUT2D eigenvalue weighted by molar-refractivity contribution is 6.03. The van der Waals surface area contributed by atoms with Crippen LogP contribution >= 0.6 is 0 Å². The van der Waals surface area contributed by atoms with Gasteiger partial charge in [0, 0.05) is 24.8 Å². The van der Waals surface area contributed by atoms with Crippen molar-refractivity contribution in [2.24, 2.45) is 23.7 Å². The number of anilines is 1. The van der Waals surface area contributed by atoms with Crippen molar-refractivity contribution in [2.45, 2.75) is 90.6 Å². The second kappa shape index (κ2) is 13.1. The Labute approximate surface area is 262 Å². The van der Waals surface area contributed by atoms with Crippen molar-refractivity contribution in [1.29, 1.82) is 0 Å². The molecule has 3 unspecified atom stereocenters. The summed E-state index contributed by atoms with van der Waals surface area (Å²) in [7, 11) is 0. The third kappa shape index (κ3) is 5.47. The fourth-order valence-corrected chi connectivity index (χ4v) is 7.91. The van der Waals surface area contributed by atoms with Crippen LogP contribution in [0.5, 0.6) is 5.75 Å². The Morgan fingerprint density at radius 3 is 2.30 bits per heavy atom. The van der Waals surface area contributed by atoms with Crippen molar-refractivity contribution < 1.29 is 29.0 Å². The molecule has 9 heteroatoms. The summed E-state index contributed by atoms with van der Waals surface area (Å²) in [6, 6.07) is 5.58. The molecule has 1 aromatic carbocycles. The number of benzene rings is 1. The van der Waals surface area contributed by atoms with Crippen LogP contribution < -0.4 is 9.64 Å². The number of likely N-dealkylation sites (tertiary alicyclic amines) is 1. The standard InChI is InChI=1S/C35H51N3O6/c1-10-17-36(23(6)7)33(42)30-35-20-24(8)34(9,44-35)28(29(35)32(41)38(30)26(21-39)19-22(4)5)31(40)37(18-11-2)25-13-15-27(16-14-25)43-12-3/h10-11,13-16,22-24,26,28-30,39H,1-2,12,17-21H2,3-9H3/t24?,26-,28+,29+,30?,34-,35?/m1/s1. The number of aliphatic hydroxyl groups is 1. The Hall–Kier alpha value is -3.17. The van der Waals surface area contributed by atoms with E-state index >= 15 is 0 Å². The molecule has 3 aliphatic rings. The van der Waals surface area contributed by atoms with Gasteiger partial charge in [0.05, 0.1) is 36.7 Å². The maximum atomic E-state index is 14.8. The minimum Gasteiger partial charge on any atom is -0.494 e. The third-order valence-electron chi connectivity index (χ3n) is 9.87. The highest BCUT2D eigenvalue weighted by atomic mass is 16.5. The Morgan fingerprint density at radius 2 is 1.77 bits per heavy atom. The van der Waals surface area contributed by atoms with Gasteiger partial charge in [0.25, 0.3) is 0 Å². The molecule has 3 heterocycles. The van der Waals surface area contributed by atoms with Gasteiger partial charge in [-0.25, -0.2) is 0 Å². The maximum absolute atomic E-state index is 14.8. The minimum absolute atomic E-state index is 0.105. The predicted molar refractivity (Wildman–Crippen MR) is 171 cm³/mol. The lowest BCUT2D eigenvalue weighted by molar-refractivity contribution is -0.156. The highest BCUT2D eigenvalue weighted by Gasteiger charge is 2.80. The zero-order valence-corrected chi connectivity index (χ0v) is 27.5. The van der Waals surface area contributed by atoms with E-state index in [0.717, 1.165) is 0 Å². The first-order valence-corrected chi connectivity index (χ1v) is 16.0. The minimum atomic E-state index is -1.21. The third-order valence-corrected chi connectivity index (χ3v) is 9.87. The van der Waals surface area contributed by atoms with Gasteiger partial charge in [-0.15, -0.1) is 13.2 Å². The first-order valence-electron chi connectivity index (χ1n) is 16.0. The van der Waals surface area contributed by atoms with Crippen LogP contribution in [0.15, 0.2) is 49.6 Å².